The Morgan fingerprint density at radius 3 is 2.26 bits per heavy atom. The van der Waals surface area contributed by atoms with E-state index in [1.165, 1.54) is 24.3 Å². The summed E-state index contributed by atoms with van der Waals surface area (Å²) in [6.07, 6.45) is 2.34. The molecule has 0 bridgehead atoms. The third kappa shape index (κ3) is 7.13. The van der Waals surface area contributed by atoms with Gasteiger partial charge >= 0.3 is 0 Å². The Kier molecular flexibility index (Phi) is 8.36. The Balaban J connectivity index is 0.000000194. The van der Waals surface area contributed by atoms with Gasteiger partial charge in [-0.15, -0.1) is 0 Å². The second kappa shape index (κ2) is 11.0. The Labute approximate surface area is 158 Å². The highest BCUT2D eigenvalue weighted by Crippen LogP contribution is 2.24. The van der Waals surface area contributed by atoms with Gasteiger partial charge in [0, 0.05) is 0 Å². The van der Waals surface area contributed by atoms with Crippen molar-refractivity contribution in [3.8, 4) is 11.5 Å². The van der Waals surface area contributed by atoms with Gasteiger partial charge in [0.1, 0.15) is 17.3 Å². The predicted molar refractivity (Wildman–Crippen MR) is 102 cm³/mol. The first-order valence-corrected chi connectivity index (χ1v) is 8.78. The highest BCUT2D eigenvalue weighted by molar-refractivity contribution is 5.49. The topological polar surface area (TPSA) is 67.8 Å². The zero-order valence-corrected chi connectivity index (χ0v) is 15.3. The fourth-order valence-corrected chi connectivity index (χ4v) is 2.74. The van der Waals surface area contributed by atoms with E-state index < -0.39 is 5.76 Å². The molecule has 1 saturated heterocycles. The van der Waals surface area contributed by atoms with Crippen molar-refractivity contribution in [1.29, 1.82) is 0 Å². The van der Waals surface area contributed by atoms with Gasteiger partial charge in [0.2, 0.25) is 5.76 Å². The summed E-state index contributed by atoms with van der Waals surface area (Å²) < 4.78 is 22.6. The molecule has 1 aliphatic heterocycles. The number of carbonyl (C=O) groups excluding carboxylic acids is 1. The van der Waals surface area contributed by atoms with Crippen molar-refractivity contribution in [2.75, 3.05) is 26.8 Å². The molecule has 0 unspecified atom stereocenters. The van der Waals surface area contributed by atoms with Crippen molar-refractivity contribution in [3.05, 3.63) is 65.7 Å². The average Bonchev–Trinajstić information content (AvgIpc) is 2.74. The highest BCUT2D eigenvalue weighted by Gasteiger charge is 2.14. The van der Waals surface area contributed by atoms with Gasteiger partial charge in [0.05, 0.1) is 7.11 Å². The van der Waals surface area contributed by atoms with Crippen LogP contribution in [0.3, 0.4) is 0 Å². The van der Waals surface area contributed by atoms with Gasteiger partial charge in [0.15, 0.2) is 12.5 Å². The maximum atomic E-state index is 12.6. The van der Waals surface area contributed by atoms with E-state index in [0.29, 0.717) is 17.4 Å². The van der Waals surface area contributed by atoms with Crippen LogP contribution in [0.15, 0.2) is 54.3 Å². The fraction of sp³-hybridized carbons (Fsp3) is 0.333. The molecule has 5 nitrogen and oxygen atoms in total. The van der Waals surface area contributed by atoms with Crippen LogP contribution in [0.1, 0.15) is 24.3 Å². The summed E-state index contributed by atoms with van der Waals surface area (Å²) in [6.45, 7) is 2.00. The van der Waals surface area contributed by atoms with Gasteiger partial charge < -0.3 is 19.9 Å². The molecule has 0 radical (unpaired) electrons. The molecule has 144 valence electrons. The molecule has 1 aliphatic rings. The first-order valence-electron chi connectivity index (χ1n) is 8.78. The summed E-state index contributed by atoms with van der Waals surface area (Å²) in [5.74, 6) is 2.62. The summed E-state index contributed by atoms with van der Waals surface area (Å²) in [7, 11) is 1.57. The molecule has 2 aromatic carbocycles. The number of benzene rings is 2. The van der Waals surface area contributed by atoms with Crippen LogP contribution in [0.4, 0.5) is 4.39 Å². The molecule has 1 heterocycles. The Hall–Kier alpha value is -2.82. The standard InChI is InChI=1S/C11H14FN.C10H10O4/c12-11-3-1-9(2-4-11)10-5-7-13-8-6-10;1-13-9-2-4-10(5-3-9)14-7-8(12)6-11/h1-4,10,13H,5-8H2;2-5,12H,7H2,1H3. The van der Waals surface area contributed by atoms with Crippen LogP contribution in [0.2, 0.25) is 0 Å². The van der Waals surface area contributed by atoms with Crippen LogP contribution in [0.25, 0.3) is 0 Å². The number of ether oxygens (including phenoxy) is 2. The summed E-state index contributed by atoms with van der Waals surface area (Å²) in [5, 5.41) is 12.1. The van der Waals surface area contributed by atoms with E-state index in [0.717, 1.165) is 13.1 Å². The lowest BCUT2D eigenvalue weighted by Gasteiger charge is -2.22. The molecule has 0 amide bonds. The van der Waals surface area contributed by atoms with Crippen LogP contribution < -0.4 is 14.8 Å². The van der Waals surface area contributed by atoms with Crippen molar-refractivity contribution in [2.45, 2.75) is 18.8 Å². The van der Waals surface area contributed by atoms with Crippen LogP contribution in [-0.2, 0) is 4.79 Å². The fourth-order valence-electron chi connectivity index (χ4n) is 2.74. The second-order valence-electron chi connectivity index (χ2n) is 6.09. The Morgan fingerprint density at radius 1 is 1.11 bits per heavy atom. The lowest BCUT2D eigenvalue weighted by molar-refractivity contribution is 0.273. The molecule has 27 heavy (non-hydrogen) atoms. The summed E-state index contributed by atoms with van der Waals surface area (Å²) >= 11 is 0. The molecule has 0 spiro atoms. The third-order valence-electron chi connectivity index (χ3n) is 4.23. The number of aliphatic hydroxyl groups is 1. The molecular weight excluding hydrogens is 349 g/mol. The first-order chi connectivity index (χ1) is 13.1. The van der Waals surface area contributed by atoms with E-state index in [4.69, 9.17) is 14.6 Å². The smallest absolute Gasteiger partial charge is 0.215 e. The molecule has 0 atom stereocenters. The molecular formula is C21H24FNO4. The van der Waals surface area contributed by atoms with Crippen molar-refractivity contribution < 1.29 is 23.8 Å². The molecule has 2 aromatic rings. The number of halogens is 1. The zero-order valence-electron chi connectivity index (χ0n) is 15.3. The SMILES string of the molecule is COc1ccc(OCC(O)=C=O)cc1.Fc1ccc(C2CCNCC2)cc1. The number of hydrogen-bond donors (Lipinski definition) is 2. The molecule has 3 rings (SSSR count). The minimum atomic E-state index is -0.458. The maximum Gasteiger partial charge on any atom is 0.215 e. The van der Waals surface area contributed by atoms with Gasteiger partial charge in [-0.1, -0.05) is 12.1 Å². The number of piperidine rings is 1. The molecule has 2 N–H and O–H groups in total. The molecule has 0 aliphatic carbocycles. The average molecular weight is 373 g/mol. The highest BCUT2D eigenvalue weighted by atomic mass is 19.1. The van der Waals surface area contributed by atoms with Crippen LogP contribution in [0.5, 0.6) is 11.5 Å². The minimum absolute atomic E-state index is 0.141. The van der Waals surface area contributed by atoms with Gasteiger partial charge in [0.25, 0.3) is 0 Å². The number of methoxy groups -OCH3 is 1. The van der Waals surface area contributed by atoms with Gasteiger partial charge in [-0.05, 0) is 73.8 Å². The molecule has 1 fully saturated rings. The van der Waals surface area contributed by atoms with Crippen molar-refractivity contribution >= 4 is 5.94 Å². The lowest BCUT2D eigenvalue weighted by Crippen LogP contribution is -2.26. The monoisotopic (exact) mass is 373 g/mol. The van der Waals surface area contributed by atoms with E-state index in [9.17, 15) is 9.18 Å². The quantitative estimate of drug-likeness (QED) is 0.619. The molecule has 0 aromatic heterocycles. The van der Waals surface area contributed by atoms with Gasteiger partial charge in [-0.3, -0.25) is 0 Å². The normalized spacial score (nSPS) is 13.7. The van der Waals surface area contributed by atoms with E-state index in [1.54, 1.807) is 43.5 Å². The summed E-state index contributed by atoms with van der Waals surface area (Å²) in [4.78, 5) is 9.91. The molecule has 0 saturated carbocycles. The lowest BCUT2D eigenvalue weighted by atomic mass is 9.90. The largest absolute Gasteiger partial charge is 0.499 e. The van der Waals surface area contributed by atoms with Crippen molar-refractivity contribution in [2.24, 2.45) is 0 Å². The second-order valence-corrected chi connectivity index (χ2v) is 6.09. The third-order valence-corrected chi connectivity index (χ3v) is 4.23. The molecule has 6 heteroatoms. The van der Waals surface area contributed by atoms with Gasteiger partial charge in [-0.2, -0.15) is 0 Å². The Bertz CT molecular complexity index is 734. The summed E-state index contributed by atoms with van der Waals surface area (Å²) in [5.41, 5.74) is 1.28. The van der Waals surface area contributed by atoms with Crippen molar-refractivity contribution in [3.63, 3.8) is 0 Å². The Morgan fingerprint density at radius 2 is 1.70 bits per heavy atom. The van der Waals surface area contributed by atoms with E-state index in [-0.39, 0.29) is 12.4 Å². The number of hydrogen-bond acceptors (Lipinski definition) is 5. The zero-order chi connectivity index (χ0) is 19.5. The first kappa shape index (κ1) is 20.5. The van der Waals surface area contributed by atoms with Crippen LogP contribution in [-0.4, -0.2) is 37.9 Å². The van der Waals surface area contributed by atoms with Crippen LogP contribution >= 0.6 is 0 Å². The minimum Gasteiger partial charge on any atom is -0.499 e. The van der Waals surface area contributed by atoms with Crippen LogP contribution in [0, 0.1) is 5.82 Å². The van der Waals surface area contributed by atoms with E-state index in [1.807, 2.05) is 12.1 Å². The number of nitrogens with one attached hydrogen (secondary N) is 1. The maximum absolute atomic E-state index is 12.6. The number of aliphatic hydroxyl groups excluding tert-OH is 1. The van der Waals surface area contributed by atoms with E-state index >= 15 is 0 Å². The van der Waals surface area contributed by atoms with Crippen molar-refractivity contribution in [1.82, 2.24) is 5.32 Å². The summed E-state index contributed by atoms with van der Waals surface area (Å²) in [6, 6.07) is 13.7. The predicted octanol–water partition coefficient (Wildman–Crippen LogP) is 3.64. The van der Waals surface area contributed by atoms with E-state index in [2.05, 4.69) is 5.32 Å². The number of rotatable bonds is 5. The van der Waals surface area contributed by atoms with Gasteiger partial charge in [-0.25, -0.2) is 9.18 Å².